The summed E-state index contributed by atoms with van der Waals surface area (Å²) in [5, 5.41) is 3.16. The summed E-state index contributed by atoms with van der Waals surface area (Å²) in [6.45, 7) is 0. The molecule has 2 aromatic rings. The molecule has 0 radical (unpaired) electrons. The lowest BCUT2D eigenvalue weighted by atomic mass is 10.4. The van der Waals surface area contributed by atoms with E-state index in [2.05, 4.69) is 0 Å². The van der Waals surface area contributed by atoms with E-state index in [1.165, 1.54) is 34.9 Å². The molecule has 5 heteroatoms. The van der Waals surface area contributed by atoms with Gasteiger partial charge in [0.2, 0.25) is 15.3 Å². The maximum atomic E-state index is 13.9. The fourth-order valence-corrected chi connectivity index (χ4v) is 3.35. The van der Waals surface area contributed by atoms with Crippen LogP contribution in [0.15, 0.2) is 52.1 Å². The van der Waals surface area contributed by atoms with Gasteiger partial charge >= 0.3 is 0 Å². The molecule has 0 spiro atoms. The maximum absolute atomic E-state index is 13.9. The van der Waals surface area contributed by atoms with Crippen molar-refractivity contribution < 1.29 is 12.8 Å². The third-order valence-electron chi connectivity index (χ3n) is 2.15. The van der Waals surface area contributed by atoms with Gasteiger partial charge in [-0.3, -0.25) is 0 Å². The van der Waals surface area contributed by atoms with Crippen molar-refractivity contribution in [3.05, 3.63) is 52.7 Å². The molecule has 1 heterocycles. The Morgan fingerprint density at radius 2 is 1.81 bits per heavy atom. The van der Waals surface area contributed by atoms with Crippen LogP contribution in [0.1, 0.15) is 11.1 Å². The van der Waals surface area contributed by atoms with Crippen molar-refractivity contribution in [3.63, 3.8) is 0 Å². The van der Waals surface area contributed by atoms with Crippen LogP contribution in [-0.4, -0.2) is 8.42 Å². The molecule has 0 saturated heterocycles. The molecule has 0 bridgehead atoms. The second-order valence-electron chi connectivity index (χ2n) is 3.23. The summed E-state index contributed by atoms with van der Waals surface area (Å²) in [7, 11) is -3.92. The second-order valence-corrected chi connectivity index (χ2v) is 5.99. The molecule has 0 amide bonds. The molecule has 1 atom stereocenters. The van der Waals surface area contributed by atoms with Crippen molar-refractivity contribution >= 4 is 21.2 Å². The molecule has 0 fully saturated rings. The summed E-state index contributed by atoms with van der Waals surface area (Å²) in [6.07, 6.45) is 0. The minimum Gasteiger partial charge on any atom is -0.224 e. The van der Waals surface area contributed by atoms with Gasteiger partial charge in [-0.2, -0.15) is 11.3 Å². The van der Waals surface area contributed by atoms with E-state index < -0.39 is 15.3 Å². The predicted octanol–water partition coefficient (Wildman–Crippen LogP) is 3.19. The van der Waals surface area contributed by atoms with E-state index >= 15 is 0 Å². The van der Waals surface area contributed by atoms with Crippen LogP contribution >= 0.6 is 11.3 Å². The Morgan fingerprint density at radius 1 is 1.12 bits per heavy atom. The van der Waals surface area contributed by atoms with Crippen molar-refractivity contribution in [3.8, 4) is 0 Å². The number of sulfone groups is 1. The van der Waals surface area contributed by atoms with Gasteiger partial charge in [-0.25, -0.2) is 12.8 Å². The summed E-state index contributed by atoms with van der Waals surface area (Å²) in [5.41, 5.74) is -1.80. The third kappa shape index (κ3) is 2.01. The van der Waals surface area contributed by atoms with Gasteiger partial charge in [0.25, 0.3) is 0 Å². The van der Waals surface area contributed by atoms with E-state index in [0.29, 0.717) is 0 Å². The van der Waals surface area contributed by atoms with Crippen molar-refractivity contribution in [2.24, 2.45) is 0 Å². The second kappa shape index (κ2) is 4.35. The van der Waals surface area contributed by atoms with Crippen LogP contribution in [0.5, 0.6) is 0 Å². The molecule has 2 rings (SSSR count). The summed E-state index contributed by atoms with van der Waals surface area (Å²) in [4.78, 5) is 0.00806. The molecule has 2 nitrogen and oxygen atoms in total. The van der Waals surface area contributed by atoms with E-state index in [4.69, 9.17) is 0 Å². The number of alkyl halides is 1. The topological polar surface area (TPSA) is 34.1 Å². The zero-order chi connectivity index (χ0) is 11.6. The molecule has 0 aliphatic heterocycles. The monoisotopic (exact) mass is 256 g/mol. The quantitative estimate of drug-likeness (QED) is 0.845. The number of rotatable bonds is 3. The Bertz CT molecular complexity index is 547. The maximum Gasteiger partial charge on any atom is 0.231 e. The zero-order valence-corrected chi connectivity index (χ0v) is 9.84. The Morgan fingerprint density at radius 3 is 2.38 bits per heavy atom. The van der Waals surface area contributed by atoms with Crippen LogP contribution < -0.4 is 0 Å². The first-order valence-corrected chi connectivity index (χ1v) is 7.06. The van der Waals surface area contributed by atoms with E-state index in [1.807, 2.05) is 0 Å². The van der Waals surface area contributed by atoms with E-state index in [9.17, 15) is 12.8 Å². The van der Waals surface area contributed by atoms with Gasteiger partial charge in [0.05, 0.1) is 4.90 Å². The molecule has 1 unspecified atom stereocenters. The van der Waals surface area contributed by atoms with Crippen LogP contribution in [0, 0.1) is 0 Å². The van der Waals surface area contributed by atoms with Crippen LogP contribution in [0.4, 0.5) is 4.39 Å². The minimum atomic E-state index is -3.92. The standard InChI is InChI=1S/C11H9FO2S2/c12-11(9-6-7-15-8-9)16(13,14)10-4-2-1-3-5-10/h1-8,11H. The molecular weight excluding hydrogens is 247 g/mol. The number of hydrogen-bond donors (Lipinski definition) is 0. The van der Waals surface area contributed by atoms with Gasteiger partial charge in [-0.15, -0.1) is 0 Å². The average Bonchev–Trinajstić information content (AvgIpc) is 2.82. The highest BCUT2D eigenvalue weighted by molar-refractivity contribution is 7.91. The number of halogens is 1. The summed E-state index contributed by atoms with van der Waals surface area (Å²) in [5.74, 6) is 0. The Kier molecular flexibility index (Phi) is 3.07. The number of thiophene rings is 1. The Labute approximate surface area is 97.3 Å². The fourth-order valence-electron chi connectivity index (χ4n) is 1.31. The van der Waals surface area contributed by atoms with E-state index in [1.54, 1.807) is 23.6 Å². The van der Waals surface area contributed by atoms with Gasteiger partial charge < -0.3 is 0 Å². The Balaban J connectivity index is 2.41. The highest BCUT2D eigenvalue weighted by Gasteiger charge is 2.28. The first-order chi connectivity index (χ1) is 7.62. The average molecular weight is 256 g/mol. The molecular formula is C11H9FO2S2. The van der Waals surface area contributed by atoms with Crippen molar-refractivity contribution in [1.82, 2.24) is 0 Å². The van der Waals surface area contributed by atoms with Gasteiger partial charge in [0.15, 0.2) is 0 Å². The fraction of sp³-hybridized carbons (Fsp3) is 0.0909. The lowest BCUT2D eigenvalue weighted by Crippen LogP contribution is -2.08. The minimum absolute atomic E-state index is 0.00806. The van der Waals surface area contributed by atoms with Crippen molar-refractivity contribution in [2.75, 3.05) is 0 Å². The summed E-state index contributed by atoms with van der Waals surface area (Å²) < 4.78 is 37.6. The van der Waals surface area contributed by atoms with Crippen LogP contribution in [-0.2, 0) is 9.84 Å². The zero-order valence-electron chi connectivity index (χ0n) is 8.21. The van der Waals surface area contributed by atoms with Crippen LogP contribution in [0.2, 0.25) is 0 Å². The van der Waals surface area contributed by atoms with Crippen molar-refractivity contribution in [1.29, 1.82) is 0 Å². The molecule has 16 heavy (non-hydrogen) atoms. The molecule has 1 aromatic carbocycles. The molecule has 0 N–H and O–H groups in total. The lowest BCUT2D eigenvalue weighted by molar-refractivity contribution is 0.432. The van der Waals surface area contributed by atoms with Crippen LogP contribution in [0.3, 0.4) is 0 Å². The normalized spacial score (nSPS) is 13.6. The molecule has 0 aliphatic rings. The number of benzene rings is 1. The van der Waals surface area contributed by atoms with E-state index in [-0.39, 0.29) is 10.5 Å². The van der Waals surface area contributed by atoms with Gasteiger partial charge in [-0.05, 0) is 29.0 Å². The predicted molar refractivity (Wildman–Crippen MR) is 61.8 cm³/mol. The summed E-state index contributed by atoms with van der Waals surface area (Å²) >= 11 is 1.27. The molecule has 84 valence electrons. The van der Waals surface area contributed by atoms with Gasteiger partial charge in [0.1, 0.15) is 0 Å². The molecule has 0 saturated carbocycles. The highest BCUT2D eigenvalue weighted by atomic mass is 32.2. The third-order valence-corrected chi connectivity index (χ3v) is 4.60. The molecule has 1 aromatic heterocycles. The van der Waals surface area contributed by atoms with Crippen molar-refractivity contribution in [2.45, 2.75) is 10.4 Å². The Hall–Kier alpha value is -1.20. The van der Waals surface area contributed by atoms with Gasteiger partial charge in [-0.1, -0.05) is 18.2 Å². The first-order valence-electron chi connectivity index (χ1n) is 4.57. The van der Waals surface area contributed by atoms with Crippen LogP contribution in [0.25, 0.3) is 0 Å². The SMILES string of the molecule is O=S(=O)(c1ccccc1)C(F)c1ccsc1. The summed E-state index contributed by atoms with van der Waals surface area (Å²) in [6, 6.07) is 9.12. The van der Waals surface area contributed by atoms with E-state index in [0.717, 1.165) is 0 Å². The van der Waals surface area contributed by atoms with Gasteiger partial charge in [0, 0.05) is 5.56 Å². The largest absolute Gasteiger partial charge is 0.231 e. The first kappa shape index (κ1) is 11.3. The highest BCUT2D eigenvalue weighted by Crippen LogP contribution is 2.30. The lowest BCUT2D eigenvalue weighted by Gasteiger charge is -2.08. The smallest absolute Gasteiger partial charge is 0.224 e. The molecule has 0 aliphatic carbocycles. The number of hydrogen-bond acceptors (Lipinski definition) is 3.